The fraction of sp³-hybridized carbons (Fsp3) is 0.400. The average Bonchev–Trinajstić information content (AvgIpc) is 2.59. The molecule has 0 saturated carbocycles. The first kappa shape index (κ1) is 9.93. The van der Waals surface area contributed by atoms with Crippen LogP contribution in [0.5, 0.6) is 0 Å². The molecule has 1 aliphatic heterocycles. The molecular formula is C10H12ClNO2. The summed E-state index contributed by atoms with van der Waals surface area (Å²) in [6.45, 7) is 1.40. The Morgan fingerprint density at radius 3 is 2.86 bits per heavy atom. The lowest BCUT2D eigenvalue weighted by Gasteiger charge is -2.19. The summed E-state index contributed by atoms with van der Waals surface area (Å²) >= 11 is 5.87. The van der Waals surface area contributed by atoms with Gasteiger partial charge in [-0.3, -0.25) is 0 Å². The lowest BCUT2D eigenvalue weighted by molar-refractivity contribution is -0.179. The van der Waals surface area contributed by atoms with Crippen LogP contribution in [-0.4, -0.2) is 23.5 Å². The Labute approximate surface area is 87.9 Å². The minimum absolute atomic E-state index is 0.685. The molecule has 0 fully saturated rings. The average molecular weight is 214 g/mol. The molecule has 14 heavy (non-hydrogen) atoms. The van der Waals surface area contributed by atoms with E-state index in [2.05, 4.69) is 0 Å². The molecule has 76 valence electrons. The van der Waals surface area contributed by atoms with E-state index < -0.39 is 6.41 Å². The van der Waals surface area contributed by atoms with Gasteiger partial charge in [-0.15, -0.1) is 0 Å². The van der Waals surface area contributed by atoms with Gasteiger partial charge in [0.25, 0.3) is 0 Å². The number of benzene rings is 1. The van der Waals surface area contributed by atoms with Gasteiger partial charge in [-0.25, -0.2) is 4.90 Å². The molecule has 4 heteroatoms. The molecule has 1 aliphatic rings. The van der Waals surface area contributed by atoms with E-state index in [-0.39, 0.29) is 0 Å². The molecule has 1 heterocycles. The molecule has 0 amide bonds. The van der Waals surface area contributed by atoms with Crippen LogP contribution in [0.25, 0.3) is 0 Å². The van der Waals surface area contributed by atoms with Crippen molar-refractivity contribution in [3.63, 3.8) is 0 Å². The quantitative estimate of drug-likeness (QED) is 0.758. The number of hydrogen-bond donors (Lipinski definition) is 1. The molecule has 0 aromatic heterocycles. The van der Waals surface area contributed by atoms with Gasteiger partial charge in [0.2, 0.25) is 6.41 Å². The van der Waals surface area contributed by atoms with E-state index in [1.165, 1.54) is 12.7 Å². The molecule has 0 bridgehead atoms. The summed E-state index contributed by atoms with van der Waals surface area (Å²) in [5, 5.41) is 10.2. The van der Waals surface area contributed by atoms with E-state index in [0.29, 0.717) is 13.1 Å². The third kappa shape index (κ3) is 1.77. The van der Waals surface area contributed by atoms with Gasteiger partial charge in [0.15, 0.2) is 0 Å². The van der Waals surface area contributed by atoms with Gasteiger partial charge in [-0.05, 0) is 23.3 Å². The van der Waals surface area contributed by atoms with Crippen LogP contribution < -0.4 is 0 Å². The van der Waals surface area contributed by atoms with Gasteiger partial charge >= 0.3 is 0 Å². The summed E-state index contributed by atoms with van der Waals surface area (Å²) < 4.78 is 4.84. The summed E-state index contributed by atoms with van der Waals surface area (Å²) in [7, 11) is 1.49. The van der Waals surface area contributed by atoms with Crippen molar-refractivity contribution in [2.45, 2.75) is 19.5 Å². The predicted molar refractivity (Wildman–Crippen MR) is 53.7 cm³/mol. The molecule has 1 aromatic rings. The molecule has 3 nitrogen and oxygen atoms in total. The summed E-state index contributed by atoms with van der Waals surface area (Å²) in [5.41, 5.74) is 2.36. The molecule has 2 rings (SSSR count). The third-order valence-corrected chi connectivity index (χ3v) is 2.67. The zero-order chi connectivity index (χ0) is 10.1. The summed E-state index contributed by atoms with van der Waals surface area (Å²) in [4.78, 5) is 1.83. The van der Waals surface area contributed by atoms with Gasteiger partial charge < -0.3 is 9.84 Å². The number of aliphatic hydroxyl groups is 1. The molecule has 0 aliphatic carbocycles. The van der Waals surface area contributed by atoms with Gasteiger partial charge in [-0.1, -0.05) is 17.7 Å². The van der Waals surface area contributed by atoms with Crippen molar-refractivity contribution in [2.75, 3.05) is 7.11 Å². The SMILES string of the molecule is COC(O)N1Cc2ccc(Cl)cc2C1. The highest BCUT2D eigenvalue weighted by Crippen LogP contribution is 2.26. The lowest BCUT2D eigenvalue weighted by Crippen LogP contribution is -2.31. The van der Waals surface area contributed by atoms with Crippen LogP contribution in [0.15, 0.2) is 18.2 Å². The molecule has 1 unspecified atom stereocenters. The van der Waals surface area contributed by atoms with Gasteiger partial charge in [0, 0.05) is 25.2 Å². The maximum Gasteiger partial charge on any atom is 0.216 e. The lowest BCUT2D eigenvalue weighted by atomic mass is 10.1. The second-order valence-electron chi connectivity index (χ2n) is 3.38. The van der Waals surface area contributed by atoms with E-state index >= 15 is 0 Å². The van der Waals surface area contributed by atoms with Crippen LogP contribution in [0.1, 0.15) is 11.1 Å². The van der Waals surface area contributed by atoms with Gasteiger partial charge in [0.05, 0.1) is 0 Å². The van der Waals surface area contributed by atoms with E-state index in [1.54, 1.807) is 0 Å². The molecule has 0 saturated heterocycles. The number of ether oxygens (including phenoxy) is 1. The molecule has 1 N–H and O–H groups in total. The minimum atomic E-state index is -0.832. The topological polar surface area (TPSA) is 32.7 Å². The molecule has 0 spiro atoms. The number of rotatable bonds is 2. The Bertz CT molecular complexity index is 343. The largest absolute Gasteiger partial charge is 0.356 e. The molecule has 1 atom stereocenters. The van der Waals surface area contributed by atoms with E-state index in [9.17, 15) is 5.11 Å². The first-order chi connectivity index (χ1) is 6.70. The van der Waals surface area contributed by atoms with E-state index in [0.717, 1.165) is 10.6 Å². The fourth-order valence-corrected chi connectivity index (χ4v) is 1.89. The Balaban J connectivity index is 2.17. The van der Waals surface area contributed by atoms with Crippen LogP contribution in [0, 0.1) is 0 Å². The number of halogens is 1. The summed E-state index contributed by atoms with van der Waals surface area (Å²) in [6.07, 6.45) is -0.832. The fourth-order valence-electron chi connectivity index (χ4n) is 1.69. The van der Waals surface area contributed by atoms with Crippen LogP contribution in [0.4, 0.5) is 0 Å². The third-order valence-electron chi connectivity index (χ3n) is 2.44. The number of nitrogens with zero attached hydrogens (tertiary/aromatic N) is 1. The van der Waals surface area contributed by atoms with Crippen molar-refractivity contribution >= 4 is 11.6 Å². The first-order valence-corrected chi connectivity index (χ1v) is 4.80. The van der Waals surface area contributed by atoms with Crippen LogP contribution in [-0.2, 0) is 17.8 Å². The van der Waals surface area contributed by atoms with Crippen LogP contribution in [0.3, 0.4) is 0 Å². The van der Waals surface area contributed by atoms with Gasteiger partial charge in [0.1, 0.15) is 0 Å². The van der Waals surface area contributed by atoms with E-state index in [1.807, 2.05) is 23.1 Å². The smallest absolute Gasteiger partial charge is 0.216 e. The zero-order valence-electron chi connectivity index (χ0n) is 7.90. The van der Waals surface area contributed by atoms with Crippen molar-refractivity contribution in [3.05, 3.63) is 34.3 Å². The second kappa shape index (κ2) is 3.87. The van der Waals surface area contributed by atoms with Crippen molar-refractivity contribution in [3.8, 4) is 0 Å². The van der Waals surface area contributed by atoms with E-state index in [4.69, 9.17) is 16.3 Å². The number of aliphatic hydroxyl groups excluding tert-OH is 1. The normalized spacial score (nSPS) is 18.2. The predicted octanol–water partition coefficient (Wildman–Crippen LogP) is 1.58. The highest BCUT2D eigenvalue weighted by atomic mass is 35.5. The van der Waals surface area contributed by atoms with Crippen LogP contribution >= 0.6 is 11.6 Å². The van der Waals surface area contributed by atoms with Crippen molar-refractivity contribution < 1.29 is 9.84 Å². The Morgan fingerprint density at radius 2 is 2.14 bits per heavy atom. The monoisotopic (exact) mass is 213 g/mol. The standard InChI is InChI=1S/C10H12ClNO2/c1-14-10(13)12-5-7-2-3-9(11)4-8(7)6-12/h2-4,10,13H,5-6H2,1H3. The number of hydrogen-bond acceptors (Lipinski definition) is 3. The molecule has 0 radical (unpaired) electrons. The molecular weight excluding hydrogens is 202 g/mol. The number of methoxy groups -OCH3 is 1. The Morgan fingerprint density at radius 1 is 1.43 bits per heavy atom. The Hall–Kier alpha value is -0.610. The second-order valence-corrected chi connectivity index (χ2v) is 3.82. The molecule has 1 aromatic carbocycles. The highest BCUT2D eigenvalue weighted by Gasteiger charge is 2.24. The van der Waals surface area contributed by atoms with Crippen molar-refractivity contribution in [1.29, 1.82) is 0 Å². The maximum atomic E-state index is 9.47. The van der Waals surface area contributed by atoms with Crippen molar-refractivity contribution in [1.82, 2.24) is 4.90 Å². The highest BCUT2D eigenvalue weighted by molar-refractivity contribution is 6.30. The minimum Gasteiger partial charge on any atom is -0.356 e. The Kier molecular flexibility index (Phi) is 2.74. The number of fused-ring (bicyclic) bond motifs is 1. The maximum absolute atomic E-state index is 9.47. The summed E-state index contributed by atoms with van der Waals surface area (Å²) in [5.74, 6) is 0. The van der Waals surface area contributed by atoms with Gasteiger partial charge in [-0.2, -0.15) is 0 Å². The summed E-state index contributed by atoms with van der Waals surface area (Å²) in [6, 6.07) is 5.78. The first-order valence-electron chi connectivity index (χ1n) is 4.43. The zero-order valence-corrected chi connectivity index (χ0v) is 8.66. The van der Waals surface area contributed by atoms with Crippen molar-refractivity contribution in [2.24, 2.45) is 0 Å². The van der Waals surface area contributed by atoms with Crippen LogP contribution in [0.2, 0.25) is 5.02 Å².